The second-order valence-corrected chi connectivity index (χ2v) is 6.59. The van der Waals surface area contributed by atoms with Crippen molar-refractivity contribution in [1.82, 2.24) is 10.2 Å². The third kappa shape index (κ3) is 5.80. The molecule has 0 heterocycles. The minimum atomic E-state index is -0.00675. The molecule has 0 aromatic carbocycles. The number of hydrogen-bond donors (Lipinski definition) is 1. The lowest BCUT2D eigenvalue weighted by Gasteiger charge is -2.34. The van der Waals surface area contributed by atoms with Gasteiger partial charge in [-0.3, -0.25) is 4.79 Å². The van der Waals surface area contributed by atoms with Crippen molar-refractivity contribution in [3.05, 3.63) is 0 Å². The number of hydrogen-bond acceptors (Lipinski definition) is 4. The minimum Gasteiger partial charge on any atom is -0.466 e. The van der Waals surface area contributed by atoms with Crippen molar-refractivity contribution in [1.29, 1.82) is 0 Å². The maximum atomic E-state index is 11.9. The monoisotopic (exact) mass is 284 g/mol. The second-order valence-electron chi connectivity index (χ2n) is 6.59. The fraction of sp³-hybridized carbons (Fsp3) is 0.938. The van der Waals surface area contributed by atoms with Gasteiger partial charge in [-0.15, -0.1) is 0 Å². The maximum Gasteiger partial charge on any atom is 0.308 e. The van der Waals surface area contributed by atoms with Crippen LogP contribution in [-0.4, -0.2) is 50.2 Å². The van der Waals surface area contributed by atoms with Gasteiger partial charge in [0.2, 0.25) is 0 Å². The highest BCUT2D eigenvalue weighted by molar-refractivity contribution is 5.72. The summed E-state index contributed by atoms with van der Waals surface area (Å²) in [5, 5.41) is 3.76. The average Bonchev–Trinajstić information content (AvgIpc) is 2.38. The number of carbonyl (C=O) groups excluding carboxylic acids is 1. The quantitative estimate of drug-likeness (QED) is 0.728. The second kappa shape index (κ2) is 8.63. The molecule has 0 aromatic heterocycles. The number of likely N-dealkylation sites (N-methyl/N-ethyl adjacent to an activating group) is 1. The van der Waals surface area contributed by atoms with E-state index in [2.05, 4.69) is 38.2 Å². The molecule has 0 amide bonds. The van der Waals surface area contributed by atoms with Gasteiger partial charge in [0.05, 0.1) is 12.5 Å². The van der Waals surface area contributed by atoms with Crippen LogP contribution in [0.5, 0.6) is 0 Å². The van der Waals surface area contributed by atoms with E-state index in [1.165, 1.54) is 6.42 Å². The molecule has 0 radical (unpaired) electrons. The van der Waals surface area contributed by atoms with E-state index in [1.54, 1.807) is 0 Å². The van der Waals surface area contributed by atoms with Gasteiger partial charge in [-0.05, 0) is 46.2 Å². The molecule has 1 saturated carbocycles. The Morgan fingerprint density at radius 1 is 1.35 bits per heavy atom. The highest BCUT2D eigenvalue weighted by Crippen LogP contribution is 2.26. The van der Waals surface area contributed by atoms with Crippen molar-refractivity contribution in [2.75, 3.05) is 27.2 Å². The first-order valence-electron chi connectivity index (χ1n) is 8.01. The van der Waals surface area contributed by atoms with E-state index in [4.69, 9.17) is 4.74 Å². The molecular weight excluding hydrogens is 252 g/mol. The third-order valence-corrected chi connectivity index (χ3v) is 4.11. The number of esters is 1. The zero-order valence-corrected chi connectivity index (χ0v) is 13.8. The molecule has 20 heavy (non-hydrogen) atoms. The Labute approximate surface area is 124 Å². The summed E-state index contributed by atoms with van der Waals surface area (Å²) in [5.41, 5.74) is 0. The number of nitrogens with one attached hydrogen (secondary N) is 1. The van der Waals surface area contributed by atoms with Gasteiger partial charge < -0.3 is 15.0 Å². The predicted octanol–water partition coefficient (Wildman–Crippen LogP) is 2.28. The summed E-state index contributed by atoms with van der Waals surface area (Å²) in [6, 6.07) is 0.932. The standard InChI is InChI=1S/C16H32N2O2/c1-6-20-16(19)13-8-7-9-14(10-13)17-15(12(2)3)11-18(4)5/h12-15,17H,6-11H2,1-5H3. The van der Waals surface area contributed by atoms with Gasteiger partial charge in [0.1, 0.15) is 0 Å². The van der Waals surface area contributed by atoms with Crippen molar-refractivity contribution in [2.45, 2.75) is 58.5 Å². The van der Waals surface area contributed by atoms with Gasteiger partial charge in [0, 0.05) is 18.6 Å². The van der Waals surface area contributed by atoms with Crippen LogP contribution in [-0.2, 0) is 9.53 Å². The van der Waals surface area contributed by atoms with Crippen molar-refractivity contribution in [2.24, 2.45) is 11.8 Å². The smallest absolute Gasteiger partial charge is 0.308 e. The Bertz CT molecular complexity index is 292. The van der Waals surface area contributed by atoms with Gasteiger partial charge >= 0.3 is 5.97 Å². The Balaban J connectivity index is 2.51. The molecule has 118 valence electrons. The van der Waals surface area contributed by atoms with E-state index in [-0.39, 0.29) is 11.9 Å². The molecule has 4 nitrogen and oxygen atoms in total. The van der Waals surface area contributed by atoms with E-state index in [0.717, 1.165) is 25.8 Å². The Hall–Kier alpha value is -0.610. The summed E-state index contributed by atoms with van der Waals surface area (Å²) in [4.78, 5) is 14.1. The molecule has 1 rings (SSSR count). The zero-order chi connectivity index (χ0) is 15.1. The first kappa shape index (κ1) is 17.4. The molecule has 1 N–H and O–H groups in total. The average molecular weight is 284 g/mol. The fourth-order valence-electron chi connectivity index (χ4n) is 2.97. The molecule has 3 unspecified atom stereocenters. The molecular formula is C16H32N2O2. The van der Waals surface area contributed by atoms with Crippen molar-refractivity contribution < 1.29 is 9.53 Å². The number of carbonyl (C=O) groups is 1. The Kier molecular flexibility index (Phi) is 7.52. The Morgan fingerprint density at radius 3 is 2.60 bits per heavy atom. The maximum absolute atomic E-state index is 11.9. The highest BCUT2D eigenvalue weighted by atomic mass is 16.5. The highest BCUT2D eigenvalue weighted by Gasteiger charge is 2.29. The summed E-state index contributed by atoms with van der Waals surface area (Å²) in [5.74, 6) is 0.682. The van der Waals surface area contributed by atoms with Crippen LogP contribution in [0.4, 0.5) is 0 Å². The number of nitrogens with zero attached hydrogens (tertiary/aromatic N) is 1. The molecule has 1 fully saturated rings. The van der Waals surface area contributed by atoms with Crippen LogP contribution in [0.1, 0.15) is 46.5 Å². The van der Waals surface area contributed by atoms with E-state index in [1.807, 2.05) is 6.92 Å². The lowest BCUT2D eigenvalue weighted by molar-refractivity contribution is -0.149. The predicted molar refractivity (Wildman–Crippen MR) is 82.7 cm³/mol. The van der Waals surface area contributed by atoms with E-state index < -0.39 is 0 Å². The summed E-state index contributed by atoms with van der Waals surface area (Å²) >= 11 is 0. The summed E-state index contributed by atoms with van der Waals surface area (Å²) in [7, 11) is 4.22. The Morgan fingerprint density at radius 2 is 2.05 bits per heavy atom. The summed E-state index contributed by atoms with van der Waals surface area (Å²) in [6.45, 7) is 7.92. The molecule has 0 aliphatic heterocycles. The molecule has 1 aliphatic rings. The summed E-state index contributed by atoms with van der Waals surface area (Å²) < 4.78 is 5.17. The molecule has 4 heteroatoms. The SMILES string of the molecule is CCOC(=O)C1CCCC(NC(CN(C)C)C(C)C)C1. The van der Waals surface area contributed by atoms with Gasteiger partial charge in [-0.1, -0.05) is 20.3 Å². The van der Waals surface area contributed by atoms with Crippen LogP contribution < -0.4 is 5.32 Å². The summed E-state index contributed by atoms with van der Waals surface area (Å²) in [6.07, 6.45) is 4.20. The van der Waals surface area contributed by atoms with E-state index >= 15 is 0 Å². The normalized spacial score (nSPS) is 24.9. The van der Waals surface area contributed by atoms with Crippen LogP contribution >= 0.6 is 0 Å². The molecule has 1 aliphatic carbocycles. The topological polar surface area (TPSA) is 41.6 Å². The van der Waals surface area contributed by atoms with Crippen LogP contribution in [0, 0.1) is 11.8 Å². The van der Waals surface area contributed by atoms with Crippen molar-refractivity contribution in [3.8, 4) is 0 Å². The largest absolute Gasteiger partial charge is 0.466 e. The lowest BCUT2D eigenvalue weighted by Crippen LogP contribution is -2.49. The first-order valence-corrected chi connectivity index (χ1v) is 8.01. The molecule has 0 aromatic rings. The van der Waals surface area contributed by atoms with Crippen LogP contribution in [0.2, 0.25) is 0 Å². The van der Waals surface area contributed by atoms with E-state index in [9.17, 15) is 4.79 Å². The lowest BCUT2D eigenvalue weighted by atomic mass is 9.85. The van der Waals surface area contributed by atoms with Crippen molar-refractivity contribution in [3.63, 3.8) is 0 Å². The molecule has 0 spiro atoms. The zero-order valence-electron chi connectivity index (χ0n) is 13.8. The molecule has 3 atom stereocenters. The third-order valence-electron chi connectivity index (χ3n) is 4.11. The van der Waals surface area contributed by atoms with Crippen molar-refractivity contribution >= 4 is 5.97 Å². The van der Waals surface area contributed by atoms with Gasteiger partial charge in [-0.25, -0.2) is 0 Å². The molecule has 0 saturated heterocycles. The van der Waals surface area contributed by atoms with Gasteiger partial charge in [-0.2, -0.15) is 0 Å². The van der Waals surface area contributed by atoms with Crippen LogP contribution in [0.3, 0.4) is 0 Å². The number of rotatable bonds is 7. The van der Waals surface area contributed by atoms with E-state index in [0.29, 0.717) is 24.6 Å². The first-order chi connectivity index (χ1) is 9.43. The number of ether oxygens (including phenoxy) is 1. The van der Waals surface area contributed by atoms with Crippen LogP contribution in [0.25, 0.3) is 0 Å². The minimum absolute atomic E-state index is 0.00675. The molecule has 0 bridgehead atoms. The van der Waals surface area contributed by atoms with Gasteiger partial charge in [0.25, 0.3) is 0 Å². The fourth-order valence-corrected chi connectivity index (χ4v) is 2.97. The van der Waals surface area contributed by atoms with Crippen LogP contribution in [0.15, 0.2) is 0 Å². The van der Waals surface area contributed by atoms with Gasteiger partial charge in [0.15, 0.2) is 0 Å².